The number of nitrogens with two attached hydrogens (primary N) is 1. The maximum absolute atomic E-state index is 5.52. The van der Waals surface area contributed by atoms with Crippen LogP contribution in [0.3, 0.4) is 0 Å². The molecule has 0 saturated carbocycles. The van der Waals surface area contributed by atoms with Crippen LogP contribution in [0.4, 0.5) is 5.69 Å². The molecule has 2 nitrogen and oxygen atoms in total. The van der Waals surface area contributed by atoms with E-state index in [-0.39, 0.29) is 5.11 Å². The number of aryl methyl sites for hydroxylation is 1. The van der Waals surface area contributed by atoms with Crippen molar-refractivity contribution in [1.29, 1.82) is 0 Å². The Hall–Kier alpha value is -1.87. The van der Waals surface area contributed by atoms with Crippen molar-refractivity contribution in [3.63, 3.8) is 0 Å². The lowest BCUT2D eigenvalue weighted by Crippen LogP contribution is -2.19. The van der Waals surface area contributed by atoms with Gasteiger partial charge in [-0.3, -0.25) is 0 Å². The number of benzene rings is 2. The molecule has 17 heavy (non-hydrogen) atoms. The van der Waals surface area contributed by atoms with Gasteiger partial charge in [0.1, 0.15) is 0 Å². The first-order valence-corrected chi connectivity index (χ1v) is 5.80. The molecule has 0 aliphatic heterocycles. The van der Waals surface area contributed by atoms with Crippen molar-refractivity contribution in [3.8, 4) is 11.1 Å². The Morgan fingerprint density at radius 2 is 1.71 bits per heavy atom. The van der Waals surface area contributed by atoms with Gasteiger partial charge in [0, 0.05) is 11.3 Å². The molecule has 3 N–H and O–H groups in total. The van der Waals surface area contributed by atoms with Gasteiger partial charge in [0.15, 0.2) is 5.11 Å². The zero-order chi connectivity index (χ0) is 12.3. The molecular weight excluding hydrogens is 228 g/mol. The van der Waals surface area contributed by atoms with Crippen molar-refractivity contribution in [2.45, 2.75) is 6.92 Å². The molecule has 0 unspecified atom stereocenters. The van der Waals surface area contributed by atoms with Gasteiger partial charge in [-0.1, -0.05) is 48.0 Å². The second-order valence-electron chi connectivity index (χ2n) is 3.90. The van der Waals surface area contributed by atoms with Gasteiger partial charge in [-0.15, -0.1) is 0 Å². The van der Waals surface area contributed by atoms with E-state index in [1.165, 1.54) is 5.56 Å². The van der Waals surface area contributed by atoms with Crippen LogP contribution in [0.2, 0.25) is 0 Å². The van der Waals surface area contributed by atoms with Crippen molar-refractivity contribution in [3.05, 3.63) is 54.1 Å². The third kappa shape index (κ3) is 2.82. The van der Waals surface area contributed by atoms with Crippen LogP contribution in [-0.2, 0) is 0 Å². The van der Waals surface area contributed by atoms with E-state index in [4.69, 9.17) is 18.0 Å². The molecule has 2 aromatic carbocycles. The fourth-order valence-corrected chi connectivity index (χ4v) is 1.82. The van der Waals surface area contributed by atoms with Crippen LogP contribution in [0.15, 0.2) is 48.5 Å². The highest BCUT2D eigenvalue weighted by Gasteiger charge is 2.04. The number of hydrogen-bond donors (Lipinski definition) is 2. The first kappa shape index (κ1) is 11.6. The molecule has 0 aliphatic rings. The molecule has 0 heterocycles. The minimum Gasteiger partial charge on any atom is -0.376 e. The summed E-state index contributed by atoms with van der Waals surface area (Å²) in [5.41, 5.74) is 9.94. The van der Waals surface area contributed by atoms with Gasteiger partial charge >= 0.3 is 0 Å². The van der Waals surface area contributed by atoms with Crippen LogP contribution in [0.5, 0.6) is 0 Å². The zero-order valence-corrected chi connectivity index (χ0v) is 10.4. The molecule has 0 spiro atoms. The smallest absolute Gasteiger partial charge is 0.168 e. The fourth-order valence-electron chi connectivity index (χ4n) is 1.71. The van der Waals surface area contributed by atoms with Gasteiger partial charge in [-0.05, 0) is 30.8 Å². The van der Waals surface area contributed by atoms with E-state index in [1.807, 2.05) is 24.3 Å². The zero-order valence-electron chi connectivity index (χ0n) is 9.60. The van der Waals surface area contributed by atoms with Gasteiger partial charge < -0.3 is 11.1 Å². The number of hydrogen-bond acceptors (Lipinski definition) is 1. The summed E-state index contributed by atoms with van der Waals surface area (Å²) >= 11 is 4.87. The Labute approximate surface area is 106 Å². The fraction of sp³-hybridized carbons (Fsp3) is 0.0714. The minimum atomic E-state index is 0.282. The van der Waals surface area contributed by atoms with Crippen LogP contribution in [0.25, 0.3) is 11.1 Å². The molecule has 2 aromatic rings. The molecule has 0 atom stereocenters. The third-order valence-electron chi connectivity index (χ3n) is 2.55. The molecule has 0 saturated heterocycles. The number of rotatable bonds is 2. The standard InChI is InChI=1S/C14H14N2S/c1-10-6-8-11(9-7-10)12-4-2-3-5-13(12)16-14(15)17/h2-9H,1H3,(H3,15,16,17). The molecule has 3 heteroatoms. The van der Waals surface area contributed by atoms with Crippen molar-refractivity contribution in [2.75, 3.05) is 5.32 Å². The predicted molar refractivity (Wildman–Crippen MR) is 77.0 cm³/mol. The highest BCUT2D eigenvalue weighted by Crippen LogP contribution is 2.27. The summed E-state index contributed by atoms with van der Waals surface area (Å²) in [5, 5.41) is 3.28. The summed E-state index contributed by atoms with van der Waals surface area (Å²) < 4.78 is 0. The summed E-state index contributed by atoms with van der Waals surface area (Å²) in [6.07, 6.45) is 0. The minimum absolute atomic E-state index is 0.282. The Kier molecular flexibility index (Phi) is 3.40. The van der Waals surface area contributed by atoms with E-state index in [1.54, 1.807) is 0 Å². The molecule has 2 rings (SSSR count). The van der Waals surface area contributed by atoms with E-state index < -0.39 is 0 Å². The topological polar surface area (TPSA) is 38.0 Å². The van der Waals surface area contributed by atoms with Crippen molar-refractivity contribution in [1.82, 2.24) is 0 Å². The van der Waals surface area contributed by atoms with Crippen LogP contribution in [-0.4, -0.2) is 5.11 Å². The number of anilines is 1. The van der Waals surface area contributed by atoms with E-state index in [0.29, 0.717) is 0 Å². The monoisotopic (exact) mass is 242 g/mol. The first-order valence-electron chi connectivity index (χ1n) is 5.39. The Bertz CT molecular complexity index is 532. The van der Waals surface area contributed by atoms with Crippen LogP contribution >= 0.6 is 12.2 Å². The highest BCUT2D eigenvalue weighted by atomic mass is 32.1. The molecule has 0 aliphatic carbocycles. The van der Waals surface area contributed by atoms with Crippen molar-refractivity contribution in [2.24, 2.45) is 5.73 Å². The lowest BCUT2D eigenvalue weighted by molar-refractivity contribution is 1.47. The molecular formula is C14H14N2S. The normalized spacial score (nSPS) is 9.94. The van der Waals surface area contributed by atoms with Gasteiger partial charge in [0.25, 0.3) is 0 Å². The average Bonchev–Trinajstić information content (AvgIpc) is 2.30. The Balaban J connectivity index is 2.44. The highest BCUT2D eigenvalue weighted by molar-refractivity contribution is 7.80. The SMILES string of the molecule is Cc1ccc(-c2ccccc2NC(N)=S)cc1. The van der Waals surface area contributed by atoms with Gasteiger partial charge in [-0.25, -0.2) is 0 Å². The Morgan fingerprint density at radius 1 is 1.06 bits per heavy atom. The number of para-hydroxylation sites is 1. The van der Waals surface area contributed by atoms with Crippen LogP contribution < -0.4 is 11.1 Å². The van der Waals surface area contributed by atoms with Crippen molar-refractivity contribution >= 4 is 23.0 Å². The van der Waals surface area contributed by atoms with Gasteiger partial charge in [0.2, 0.25) is 0 Å². The lowest BCUT2D eigenvalue weighted by atomic mass is 10.0. The van der Waals surface area contributed by atoms with Crippen LogP contribution in [0.1, 0.15) is 5.56 Å². The maximum Gasteiger partial charge on any atom is 0.168 e. The van der Waals surface area contributed by atoms with Crippen molar-refractivity contribution < 1.29 is 0 Å². The van der Waals surface area contributed by atoms with E-state index in [0.717, 1.165) is 16.8 Å². The quantitative estimate of drug-likeness (QED) is 0.793. The molecule has 86 valence electrons. The summed E-state index contributed by atoms with van der Waals surface area (Å²) in [7, 11) is 0. The summed E-state index contributed by atoms with van der Waals surface area (Å²) in [5.74, 6) is 0. The molecule has 0 radical (unpaired) electrons. The molecule has 0 aromatic heterocycles. The number of thiocarbonyl (C=S) groups is 1. The summed E-state index contributed by atoms with van der Waals surface area (Å²) in [6, 6.07) is 16.3. The molecule has 0 bridgehead atoms. The van der Waals surface area contributed by atoms with Gasteiger partial charge in [0.05, 0.1) is 0 Å². The molecule has 0 amide bonds. The van der Waals surface area contributed by atoms with Gasteiger partial charge in [-0.2, -0.15) is 0 Å². The first-order chi connectivity index (χ1) is 8.16. The predicted octanol–water partition coefficient (Wildman–Crippen LogP) is 3.32. The largest absolute Gasteiger partial charge is 0.376 e. The van der Waals surface area contributed by atoms with Crippen LogP contribution in [0, 0.1) is 6.92 Å². The summed E-state index contributed by atoms with van der Waals surface area (Å²) in [4.78, 5) is 0. The lowest BCUT2D eigenvalue weighted by Gasteiger charge is -2.11. The second kappa shape index (κ2) is 4.97. The molecule has 0 fully saturated rings. The second-order valence-corrected chi connectivity index (χ2v) is 4.34. The number of nitrogens with one attached hydrogen (secondary N) is 1. The Morgan fingerprint density at radius 3 is 2.35 bits per heavy atom. The van der Waals surface area contributed by atoms with E-state index >= 15 is 0 Å². The van der Waals surface area contributed by atoms with E-state index in [2.05, 4.69) is 36.5 Å². The summed E-state index contributed by atoms with van der Waals surface area (Å²) in [6.45, 7) is 2.07. The maximum atomic E-state index is 5.52. The average molecular weight is 242 g/mol. The third-order valence-corrected chi connectivity index (χ3v) is 2.65. The van der Waals surface area contributed by atoms with E-state index in [9.17, 15) is 0 Å².